The van der Waals surface area contributed by atoms with Crippen LogP contribution >= 0.6 is 0 Å². The molecule has 1 aliphatic rings. The average Bonchev–Trinajstić information content (AvgIpc) is 2.69. The second-order valence-electron chi connectivity index (χ2n) is 7.31. The zero-order valence-corrected chi connectivity index (χ0v) is 17.1. The summed E-state index contributed by atoms with van der Waals surface area (Å²) < 4.78 is 16.7. The Morgan fingerprint density at radius 3 is 2.72 bits per heavy atom. The van der Waals surface area contributed by atoms with Crippen molar-refractivity contribution in [1.82, 2.24) is 0 Å². The minimum atomic E-state index is -0.545. The molecular weight excluding hydrogens is 372 g/mol. The third-order valence-corrected chi connectivity index (χ3v) is 4.55. The fraction of sp³-hybridized carbons (Fsp3) is 0.364. The molecule has 0 unspecified atom stereocenters. The molecule has 0 radical (unpaired) electrons. The molecule has 2 N–H and O–H groups in total. The topological polar surface area (TPSA) is 85.9 Å². The maximum absolute atomic E-state index is 12.7. The van der Waals surface area contributed by atoms with Gasteiger partial charge in [0.05, 0.1) is 19.4 Å². The molecule has 7 heteroatoms. The van der Waals surface area contributed by atoms with E-state index < -0.39 is 6.10 Å². The van der Waals surface area contributed by atoms with Crippen LogP contribution in [0.4, 0.5) is 11.4 Å². The highest BCUT2D eigenvalue weighted by atomic mass is 16.5. The Morgan fingerprint density at radius 2 is 2.00 bits per heavy atom. The van der Waals surface area contributed by atoms with Crippen LogP contribution < -0.4 is 24.8 Å². The summed E-state index contributed by atoms with van der Waals surface area (Å²) in [5, 5.41) is 5.59. The predicted octanol–water partition coefficient (Wildman–Crippen LogP) is 4.09. The second-order valence-corrected chi connectivity index (χ2v) is 7.31. The Morgan fingerprint density at radius 1 is 1.21 bits per heavy atom. The molecule has 0 aliphatic carbocycles. The molecule has 2 amide bonds. The van der Waals surface area contributed by atoms with Crippen molar-refractivity contribution in [2.75, 3.05) is 24.4 Å². The standard InChI is InChI=1S/C22H26N2O5/c1-13(2)9-10-28-19-7-5-15(11-20(19)27-4)22(26)23-16-6-8-18-17(12-16)24-21(25)14(3)29-18/h5-8,11-14H,9-10H2,1-4H3,(H,23,26)(H,24,25)/t14-/m0/s1. The molecule has 154 valence electrons. The maximum Gasteiger partial charge on any atom is 0.265 e. The van der Waals surface area contributed by atoms with Crippen LogP contribution in [0, 0.1) is 5.92 Å². The van der Waals surface area contributed by atoms with Gasteiger partial charge in [0, 0.05) is 11.3 Å². The van der Waals surface area contributed by atoms with Crippen molar-refractivity contribution in [1.29, 1.82) is 0 Å². The van der Waals surface area contributed by atoms with Crippen LogP contribution in [0.25, 0.3) is 0 Å². The van der Waals surface area contributed by atoms with Gasteiger partial charge in [-0.05, 0) is 55.7 Å². The lowest BCUT2D eigenvalue weighted by atomic mass is 10.1. The van der Waals surface area contributed by atoms with Gasteiger partial charge in [-0.1, -0.05) is 13.8 Å². The van der Waals surface area contributed by atoms with Gasteiger partial charge in [0.15, 0.2) is 17.6 Å². The smallest absolute Gasteiger partial charge is 0.265 e. The van der Waals surface area contributed by atoms with Crippen LogP contribution in [0.1, 0.15) is 37.6 Å². The number of amides is 2. The van der Waals surface area contributed by atoms with Crippen molar-refractivity contribution in [3.05, 3.63) is 42.0 Å². The summed E-state index contributed by atoms with van der Waals surface area (Å²) in [7, 11) is 1.54. The monoisotopic (exact) mass is 398 g/mol. The molecule has 1 aliphatic heterocycles. The molecule has 29 heavy (non-hydrogen) atoms. The molecule has 0 fully saturated rings. The van der Waals surface area contributed by atoms with E-state index in [0.29, 0.717) is 46.7 Å². The molecule has 0 aromatic heterocycles. The highest BCUT2D eigenvalue weighted by molar-refractivity contribution is 6.05. The first-order valence-corrected chi connectivity index (χ1v) is 9.61. The number of carbonyl (C=O) groups excluding carboxylic acids is 2. The summed E-state index contributed by atoms with van der Waals surface area (Å²) in [5.74, 6) is 1.70. The minimum Gasteiger partial charge on any atom is -0.493 e. The number of methoxy groups -OCH3 is 1. The second kappa shape index (κ2) is 8.86. The van der Waals surface area contributed by atoms with Crippen molar-refractivity contribution in [2.24, 2.45) is 5.92 Å². The van der Waals surface area contributed by atoms with Gasteiger partial charge in [-0.2, -0.15) is 0 Å². The molecule has 2 aromatic rings. The highest BCUT2D eigenvalue weighted by Gasteiger charge is 2.23. The van der Waals surface area contributed by atoms with E-state index in [1.54, 1.807) is 50.4 Å². The number of fused-ring (bicyclic) bond motifs is 1. The molecule has 7 nitrogen and oxygen atoms in total. The molecule has 0 bridgehead atoms. The van der Waals surface area contributed by atoms with E-state index in [4.69, 9.17) is 14.2 Å². The summed E-state index contributed by atoms with van der Waals surface area (Å²) in [6, 6.07) is 10.2. The third-order valence-electron chi connectivity index (χ3n) is 4.55. The van der Waals surface area contributed by atoms with Gasteiger partial charge in [-0.3, -0.25) is 9.59 Å². The summed E-state index contributed by atoms with van der Waals surface area (Å²) in [4.78, 5) is 24.4. The largest absolute Gasteiger partial charge is 0.493 e. The van der Waals surface area contributed by atoms with E-state index >= 15 is 0 Å². The SMILES string of the molecule is COc1cc(C(=O)Nc2ccc3c(c2)NC(=O)[C@H](C)O3)ccc1OCCC(C)C. The van der Waals surface area contributed by atoms with E-state index in [2.05, 4.69) is 24.5 Å². The minimum absolute atomic E-state index is 0.223. The van der Waals surface area contributed by atoms with Crippen molar-refractivity contribution in [2.45, 2.75) is 33.3 Å². The van der Waals surface area contributed by atoms with E-state index in [1.165, 1.54) is 0 Å². The molecular formula is C22H26N2O5. The molecule has 2 aromatic carbocycles. The molecule has 3 rings (SSSR count). The number of anilines is 2. The Labute approximate surface area is 170 Å². The summed E-state index contributed by atoms with van der Waals surface area (Å²) in [6.45, 7) is 6.53. The van der Waals surface area contributed by atoms with Gasteiger partial charge in [0.25, 0.3) is 11.8 Å². The molecule has 1 atom stereocenters. The fourth-order valence-electron chi connectivity index (χ4n) is 2.82. The first-order chi connectivity index (χ1) is 13.9. The lowest BCUT2D eigenvalue weighted by Gasteiger charge is -2.23. The van der Waals surface area contributed by atoms with E-state index in [0.717, 1.165) is 6.42 Å². The molecule has 0 saturated carbocycles. The molecule has 0 saturated heterocycles. The number of hydrogen-bond acceptors (Lipinski definition) is 5. The quantitative estimate of drug-likeness (QED) is 0.734. The van der Waals surface area contributed by atoms with Crippen LogP contribution in [-0.2, 0) is 4.79 Å². The Balaban J connectivity index is 1.71. The van der Waals surface area contributed by atoms with Gasteiger partial charge in [-0.25, -0.2) is 0 Å². The average molecular weight is 398 g/mol. The zero-order chi connectivity index (χ0) is 21.0. The van der Waals surface area contributed by atoms with Crippen LogP contribution in [-0.4, -0.2) is 31.6 Å². The summed E-state index contributed by atoms with van der Waals surface area (Å²) >= 11 is 0. The van der Waals surface area contributed by atoms with Crippen molar-refractivity contribution in [3.8, 4) is 17.2 Å². The number of carbonyl (C=O) groups is 2. The number of benzene rings is 2. The van der Waals surface area contributed by atoms with Crippen molar-refractivity contribution in [3.63, 3.8) is 0 Å². The number of rotatable bonds is 7. The predicted molar refractivity (Wildman–Crippen MR) is 111 cm³/mol. The first-order valence-electron chi connectivity index (χ1n) is 9.61. The van der Waals surface area contributed by atoms with Crippen molar-refractivity contribution < 1.29 is 23.8 Å². The van der Waals surface area contributed by atoms with Crippen LogP contribution in [0.3, 0.4) is 0 Å². The number of ether oxygens (including phenoxy) is 3. The molecule has 1 heterocycles. The Kier molecular flexibility index (Phi) is 6.26. The van der Waals surface area contributed by atoms with Gasteiger partial charge in [0.1, 0.15) is 5.75 Å². The lowest BCUT2D eigenvalue weighted by Crippen LogP contribution is -2.34. The van der Waals surface area contributed by atoms with E-state index in [1.807, 2.05) is 0 Å². The van der Waals surface area contributed by atoms with Gasteiger partial charge in [0.2, 0.25) is 0 Å². The molecule has 0 spiro atoms. The highest BCUT2D eigenvalue weighted by Crippen LogP contribution is 2.33. The van der Waals surface area contributed by atoms with E-state index in [-0.39, 0.29) is 11.8 Å². The van der Waals surface area contributed by atoms with Crippen LogP contribution in [0.2, 0.25) is 0 Å². The number of nitrogens with one attached hydrogen (secondary N) is 2. The maximum atomic E-state index is 12.7. The fourth-order valence-corrected chi connectivity index (χ4v) is 2.82. The first kappa shape index (κ1) is 20.5. The summed E-state index contributed by atoms with van der Waals surface area (Å²) in [6.07, 6.45) is 0.389. The van der Waals surface area contributed by atoms with E-state index in [9.17, 15) is 9.59 Å². The lowest BCUT2D eigenvalue weighted by molar-refractivity contribution is -0.122. The van der Waals surface area contributed by atoms with Gasteiger partial charge in [-0.15, -0.1) is 0 Å². The Hall–Kier alpha value is -3.22. The van der Waals surface area contributed by atoms with Crippen LogP contribution in [0.5, 0.6) is 17.2 Å². The van der Waals surface area contributed by atoms with Gasteiger partial charge < -0.3 is 24.8 Å². The normalized spacial score (nSPS) is 15.2. The van der Waals surface area contributed by atoms with Crippen LogP contribution in [0.15, 0.2) is 36.4 Å². The third kappa shape index (κ3) is 4.99. The van der Waals surface area contributed by atoms with Crippen molar-refractivity contribution >= 4 is 23.2 Å². The Bertz CT molecular complexity index is 910. The van der Waals surface area contributed by atoms with Gasteiger partial charge >= 0.3 is 0 Å². The number of hydrogen-bond donors (Lipinski definition) is 2. The zero-order valence-electron chi connectivity index (χ0n) is 17.1. The summed E-state index contributed by atoms with van der Waals surface area (Å²) in [5.41, 5.74) is 1.51.